The molecule has 1 atom stereocenters. The van der Waals surface area contributed by atoms with Crippen molar-refractivity contribution in [3.8, 4) is 5.75 Å². The van der Waals surface area contributed by atoms with Crippen molar-refractivity contribution in [2.75, 3.05) is 26.7 Å². The quantitative estimate of drug-likeness (QED) is 0.912. The van der Waals surface area contributed by atoms with E-state index in [0.717, 1.165) is 31.9 Å². The molecule has 1 aromatic carbocycles. The predicted molar refractivity (Wildman–Crippen MR) is 77.7 cm³/mol. The van der Waals surface area contributed by atoms with E-state index in [0.29, 0.717) is 6.04 Å². The minimum Gasteiger partial charge on any atom is -0.496 e. The Hall–Kier alpha value is -0.770. The maximum absolute atomic E-state index is 5.43. The Bertz CT molecular complexity index is 384. The van der Waals surface area contributed by atoms with Crippen LogP contribution in [0.15, 0.2) is 18.2 Å². The van der Waals surface area contributed by atoms with Gasteiger partial charge in [-0.2, -0.15) is 0 Å². The van der Waals surface area contributed by atoms with Gasteiger partial charge in [-0.1, -0.05) is 17.7 Å². The van der Waals surface area contributed by atoms with Crippen molar-refractivity contribution in [3.05, 3.63) is 29.3 Å². The standard InChI is InChI=1S/C14H22N2O.ClH/c1-11-4-5-14(17-3)13(8-11)10-16-7-6-15-12(2)9-16;/h4-5,8,12,15H,6-7,9-10H2,1-3H3;1H/t12-;/m1./s1. The first-order chi connectivity index (χ1) is 8.19. The van der Waals surface area contributed by atoms with E-state index in [1.54, 1.807) is 7.11 Å². The molecule has 0 aromatic heterocycles. The molecule has 1 saturated heterocycles. The van der Waals surface area contributed by atoms with E-state index in [2.05, 4.69) is 42.3 Å². The lowest BCUT2D eigenvalue weighted by molar-refractivity contribution is 0.197. The van der Waals surface area contributed by atoms with Gasteiger partial charge in [0.05, 0.1) is 7.11 Å². The number of piperazine rings is 1. The highest BCUT2D eigenvalue weighted by atomic mass is 35.5. The molecular weight excluding hydrogens is 248 g/mol. The average molecular weight is 271 g/mol. The first-order valence-electron chi connectivity index (χ1n) is 6.28. The van der Waals surface area contributed by atoms with E-state index in [-0.39, 0.29) is 12.4 Å². The third-order valence-electron chi connectivity index (χ3n) is 3.28. The van der Waals surface area contributed by atoms with E-state index in [4.69, 9.17) is 4.74 Å². The Balaban J connectivity index is 0.00000162. The zero-order chi connectivity index (χ0) is 12.3. The fraction of sp³-hybridized carbons (Fsp3) is 0.571. The fourth-order valence-corrected chi connectivity index (χ4v) is 2.43. The molecule has 1 N–H and O–H groups in total. The van der Waals surface area contributed by atoms with Crippen LogP contribution in [0.4, 0.5) is 0 Å². The number of aryl methyl sites for hydroxylation is 1. The van der Waals surface area contributed by atoms with Gasteiger partial charge in [0, 0.05) is 37.8 Å². The molecule has 0 saturated carbocycles. The Labute approximate surface area is 116 Å². The minimum atomic E-state index is 0. The van der Waals surface area contributed by atoms with Crippen molar-refractivity contribution in [3.63, 3.8) is 0 Å². The molecule has 0 spiro atoms. The molecule has 4 heteroatoms. The van der Waals surface area contributed by atoms with Crippen LogP contribution in [-0.4, -0.2) is 37.7 Å². The number of nitrogens with zero attached hydrogens (tertiary/aromatic N) is 1. The highest BCUT2D eigenvalue weighted by Gasteiger charge is 2.16. The Morgan fingerprint density at radius 2 is 2.22 bits per heavy atom. The number of halogens is 1. The second-order valence-corrected chi connectivity index (χ2v) is 4.91. The van der Waals surface area contributed by atoms with Crippen molar-refractivity contribution < 1.29 is 4.74 Å². The highest BCUT2D eigenvalue weighted by molar-refractivity contribution is 5.85. The molecule has 2 rings (SSSR count). The summed E-state index contributed by atoms with van der Waals surface area (Å²) < 4.78 is 5.43. The molecule has 0 bridgehead atoms. The molecule has 0 amide bonds. The van der Waals surface area contributed by atoms with E-state index >= 15 is 0 Å². The van der Waals surface area contributed by atoms with Gasteiger partial charge >= 0.3 is 0 Å². The average Bonchev–Trinajstić information content (AvgIpc) is 2.29. The summed E-state index contributed by atoms with van der Waals surface area (Å²) in [5, 5.41) is 3.46. The molecule has 1 aromatic rings. The summed E-state index contributed by atoms with van der Waals surface area (Å²) in [6.07, 6.45) is 0. The summed E-state index contributed by atoms with van der Waals surface area (Å²) in [6, 6.07) is 6.98. The Kier molecular flexibility index (Phi) is 5.93. The molecule has 0 aliphatic carbocycles. The van der Waals surface area contributed by atoms with Crippen LogP contribution in [0.25, 0.3) is 0 Å². The molecule has 18 heavy (non-hydrogen) atoms. The van der Waals surface area contributed by atoms with E-state index in [1.807, 2.05) is 0 Å². The predicted octanol–water partition coefficient (Wildman–Crippen LogP) is 2.22. The monoisotopic (exact) mass is 270 g/mol. The summed E-state index contributed by atoms with van der Waals surface area (Å²) in [5.74, 6) is 1.00. The van der Waals surface area contributed by atoms with E-state index in [1.165, 1.54) is 11.1 Å². The van der Waals surface area contributed by atoms with E-state index in [9.17, 15) is 0 Å². The van der Waals surface area contributed by atoms with Crippen LogP contribution in [-0.2, 0) is 6.54 Å². The second kappa shape index (κ2) is 6.98. The lowest BCUT2D eigenvalue weighted by Crippen LogP contribution is -2.48. The minimum absolute atomic E-state index is 0. The van der Waals surface area contributed by atoms with Crippen molar-refractivity contribution in [1.29, 1.82) is 0 Å². The SMILES string of the molecule is COc1ccc(C)cc1CN1CCN[C@H](C)C1.Cl. The number of hydrogen-bond donors (Lipinski definition) is 1. The summed E-state index contributed by atoms with van der Waals surface area (Å²) in [6.45, 7) is 8.65. The third-order valence-corrected chi connectivity index (χ3v) is 3.28. The third kappa shape index (κ3) is 3.87. The molecule has 0 radical (unpaired) electrons. The van der Waals surface area contributed by atoms with Crippen molar-refractivity contribution in [2.45, 2.75) is 26.4 Å². The molecule has 1 aliphatic heterocycles. The molecule has 1 heterocycles. The van der Waals surface area contributed by atoms with Crippen LogP contribution < -0.4 is 10.1 Å². The molecule has 102 valence electrons. The first-order valence-corrected chi connectivity index (χ1v) is 6.28. The van der Waals surface area contributed by atoms with Crippen molar-refractivity contribution >= 4 is 12.4 Å². The first kappa shape index (κ1) is 15.3. The van der Waals surface area contributed by atoms with Crippen LogP contribution in [0.1, 0.15) is 18.1 Å². The topological polar surface area (TPSA) is 24.5 Å². The van der Waals surface area contributed by atoms with Crippen LogP contribution in [0.2, 0.25) is 0 Å². The smallest absolute Gasteiger partial charge is 0.123 e. The van der Waals surface area contributed by atoms with Crippen molar-refractivity contribution in [2.24, 2.45) is 0 Å². The van der Waals surface area contributed by atoms with Gasteiger partial charge in [0.25, 0.3) is 0 Å². The maximum atomic E-state index is 5.43. The van der Waals surface area contributed by atoms with Crippen molar-refractivity contribution in [1.82, 2.24) is 10.2 Å². The van der Waals surface area contributed by atoms with Gasteiger partial charge in [-0.15, -0.1) is 12.4 Å². The van der Waals surface area contributed by atoms with Gasteiger partial charge in [-0.05, 0) is 19.9 Å². The number of methoxy groups -OCH3 is 1. The Morgan fingerprint density at radius 3 is 2.89 bits per heavy atom. The van der Waals surface area contributed by atoms with E-state index < -0.39 is 0 Å². The number of benzene rings is 1. The summed E-state index contributed by atoms with van der Waals surface area (Å²) in [7, 11) is 1.74. The lowest BCUT2D eigenvalue weighted by Gasteiger charge is -2.32. The van der Waals surface area contributed by atoms with Gasteiger partial charge in [0.1, 0.15) is 5.75 Å². The molecule has 1 aliphatic rings. The summed E-state index contributed by atoms with van der Waals surface area (Å²) in [5.41, 5.74) is 2.59. The number of hydrogen-bond acceptors (Lipinski definition) is 3. The normalized spacial score (nSPS) is 20.3. The Morgan fingerprint density at radius 1 is 1.44 bits per heavy atom. The van der Waals surface area contributed by atoms with Gasteiger partial charge in [-0.25, -0.2) is 0 Å². The zero-order valence-corrected chi connectivity index (χ0v) is 12.2. The molecule has 0 unspecified atom stereocenters. The van der Waals surface area contributed by atoms with Crippen LogP contribution in [0.5, 0.6) is 5.75 Å². The molecular formula is C14H23ClN2O. The number of ether oxygens (including phenoxy) is 1. The largest absolute Gasteiger partial charge is 0.496 e. The summed E-state index contributed by atoms with van der Waals surface area (Å²) in [4.78, 5) is 2.48. The highest BCUT2D eigenvalue weighted by Crippen LogP contribution is 2.21. The van der Waals surface area contributed by atoms with Gasteiger partial charge in [-0.3, -0.25) is 4.90 Å². The van der Waals surface area contributed by atoms with Crippen LogP contribution in [0, 0.1) is 6.92 Å². The lowest BCUT2D eigenvalue weighted by atomic mass is 10.1. The van der Waals surface area contributed by atoms with Crippen LogP contribution in [0.3, 0.4) is 0 Å². The van der Waals surface area contributed by atoms with Gasteiger partial charge in [0.2, 0.25) is 0 Å². The van der Waals surface area contributed by atoms with Gasteiger partial charge < -0.3 is 10.1 Å². The number of nitrogens with one attached hydrogen (secondary N) is 1. The molecule has 1 fully saturated rings. The molecule has 3 nitrogen and oxygen atoms in total. The number of rotatable bonds is 3. The fourth-order valence-electron chi connectivity index (χ4n) is 2.43. The van der Waals surface area contributed by atoms with Gasteiger partial charge in [0.15, 0.2) is 0 Å². The summed E-state index contributed by atoms with van der Waals surface area (Å²) >= 11 is 0. The second-order valence-electron chi connectivity index (χ2n) is 4.91. The zero-order valence-electron chi connectivity index (χ0n) is 11.4. The maximum Gasteiger partial charge on any atom is 0.123 e. The van der Waals surface area contributed by atoms with Crippen LogP contribution >= 0.6 is 12.4 Å².